The van der Waals surface area contributed by atoms with E-state index >= 15 is 0 Å². The lowest BCUT2D eigenvalue weighted by Gasteiger charge is -2.20. The molecule has 20 heavy (non-hydrogen) atoms. The number of carbonyl (C=O) groups excluding carboxylic acids is 1. The van der Waals surface area contributed by atoms with Crippen LogP contribution in [0.2, 0.25) is 0 Å². The van der Waals surface area contributed by atoms with Crippen LogP contribution in [-0.4, -0.2) is 27.1 Å². The van der Waals surface area contributed by atoms with Gasteiger partial charge in [0.25, 0.3) is 5.56 Å². The van der Waals surface area contributed by atoms with Gasteiger partial charge in [-0.1, -0.05) is 0 Å². The zero-order valence-electron chi connectivity index (χ0n) is 12.2. The number of nitrogens with one attached hydrogen (secondary N) is 1. The van der Waals surface area contributed by atoms with Gasteiger partial charge in [0.05, 0.1) is 0 Å². The first kappa shape index (κ1) is 16.2. The van der Waals surface area contributed by atoms with Gasteiger partial charge in [0.1, 0.15) is 6.54 Å². The van der Waals surface area contributed by atoms with Gasteiger partial charge >= 0.3 is 5.69 Å². The molecule has 0 fully saturated rings. The highest BCUT2D eigenvalue weighted by molar-refractivity contribution is 5.76. The van der Waals surface area contributed by atoms with Crippen molar-refractivity contribution >= 4 is 5.91 Å². The van der Waals surface area contributed by atoms with Crippen LogP contribution in [0.1, 0.15) is 27.2 Å². The fourth-order valence-electron chi connectivity index (χ4n) is 1.74. The minimum atomic E-state index is -0.491. The van der Waals surface area contributed by atoms with Gasteiger partial charge in [-0.25, -0.2) is 4.79 Å². The molecule has 112 valence electrons. The second kappa shape index (κ2) is 6.51. The molecule has 0 aliphatic carbocycles. The van der Waals surface area contributed by atoms with Gasteiger partial charge in [0.2, 0.25) is 5.91 Å². The summed E-state index contributed by atoms with van der Waals surface area (Å²) in [6, 6.07) is 1.28. The summed E-state index contributed by atoms with van der Waals surface area (Å²) in [5.74, 6) is -0.274. The summed E-state index contributed by atoms with van der Waals surface area (Å²) in [4.78, 5) is 35.5. The number of hydrogen-bond donors (Lipinski definition) is 2. The van der Waals surface area contributed by atoms with Crippen LogP contribution in [-0.2, 0) is 17.9 Å². The van der Waals surface area contributed by atoms with Crippen LogP contribution >= 0.6 is 0 Å². The minimum Gasteiger partial charge on any atom is -0.350 e. The number of nitrogens with zero attached hydrogens (tertiary/aromatic N) is 2. The van der Waals surface area contributed by atoms with E-state index in [2.05, 4.69) is 5.32 Å². The first-order valence-corrected chi connectivity index (χ1v) is 6.56. The third-order valence-electron chi connectivity index (χ3n) is 2.55. The molecule has 1 amide bonds. The number of nitrogens with two attached hydrogens (primary N) is 1. The smallest absolute Gasteiger partial charge is 0.331 e. The summed E-state index contributed by atoms with van der Waals surface area (Å²) in [5.41, 5.74) is 4.14. The van der Waals surface area contributed by atoms with E-state index < -0.39 is 5.69 Å². The van der Waals surface area contributed by atoms with E-state index in [4.69, 9.17) is 5.73 Å². The average molecular weight is 282 g/mol. The third-order valence-corrected chi connectivity index (χ3v) is 2.55. The van der Waals surface area contributed by atoms with Crippen molar-refractivity contribution < 1.29 is 4.79 Å². The molecule has 3 N–H and O–H groups in total. The summed E-state index contributed by atoms with van der Waals surface area (Å²) in [7, 11) is 0. The molecule has 0 radical (unpaired) electrons. The molecule has 0 atom stereocenters. The van der Waals surface area contributed by atoms with E-state index in [9.17, 15) is 14.4 Å². The summed E-state index contributed by atoms with van der Waals surface area (Å²) >= 11 is 0. The van der Waals surface area contributed by atoms with E-state index in [1.807, 2.05) is 20.8 Å². The van der Waals surface area contributed by atoms with Crippen molar-refractivity contribution in [1.29, 1.82) is 0 Å². The van der Waals surface area contributed by atoms with Crippen LogP contribution in [0.5, 0.6) is 0 Å². The molecule has 1 heterocycles. The van der Waals surface area contributed by atoms with Gasteiger partial charge < -0.3 is 11.1 Å². The lowest BCUT2D eigenvalue weighted by atomic mass is 10.1. The highest BCUT2D eigenvalue weighted by atomic mass is 16.2. The van der Waals surface area contributed by atoms with Gasteiger partial charge in [0.15, 0.2) is 0 Å². The largest absolute Gasteiger partial charge is 0.350 e. The summed E-state index contributed by atoms with van der Waals surface area (Å²) in [6.45, 7) is 6.11. The van der Waals surface area contributed by atoms with Crippen molar-refractivity contribution in [3.8, 4) is 0 Å². The van der Waals surface area contributed by atoms with Crippen LogP contribution in [0.25, 0.3) is 0 Å². The number of aromatic nitrogens is 2. The third kappa shape index (κ3) is 4.65. The maximum absolute atomic E-state index is 12.1. The summed E-state index contributed by atoms with van der Waals surface area (Å²) in [6.07, 6.45) is 1.87. The maximum atomic E-state index is 12.1. The molecule has 0 bridgehead atoms. The Hall–Kier alpha value is -1.89. The molecule has 0 aliphatic rings. The van der Waals surface area contributed by atoms with E-state index in [1.54, 1.807) is 0 Å². The summed E-state index contributed by atoms with van der Waals surface area (Å²) < 4.78 is 2.32. The minimum absolute atomic E-state index is 0.112. The Labute approximate surface area is 117 Å². The van der Waals surface area contributed by atoms with Gasteiger partial charge in [-0.3, -0.25) is 18.7 Å². The van der Waals surface area contributed by atoms with Crippen molar-refractivity contribution in [2.75, 3.05) is 6.54 Å². The van der Waals surface area contributed by atoms with Gasteiger partial charge in [0, 0.05) is 24.3 Å². The molecule has 0 spiro atoms. The number of hydrogen-bond acceptors (Lipinski definition) is 4. The molecule has 7 nitrogen and oxygen atoms in total. The first-order valence-electron chi connectivity index (χ1n) is 6.56. The zero-order valence-corrected chi connectivity index (χ0v) is 12.2. The number of amides is 1. The molecular weight excluding hydrogens is 260 g/mol. The van der Waals surface area contributed by atoms with Crippen LogP contribution in [0, 0.1) is 0 Å². The highest BCUT2D eigenvalue weighted by Crippen LogP contribution is 1.98. The number of rotatable bonds is 5. The number of carbonyl (C=O) groups is 1. The molecule has 7 heteroatoms. The van der Waals surface area contributed by atoms with Crippen LogP contribution < -0.4 is 22.3 Å². The fourth-order valence-corrected chi connectivity index (χ4v) is 1.74. The Kier molecular flexibility index (Phi) is 5.26. The van der Waals surface area contributed by atoms with Crippen LogP contribution in [0.3, 0.4) is 0 Å². The van der Waals surface area contributed by atoms with Crippen molar-refractivity contribution in [1.82, 2.24) is 14.5 Å². The Bertz CT molecular complexity index is 581. The van der Waals surface area contributed by atoms with Crippen molar-refractivity contribution in [2.45, 2.75) is 45.8 Å². The lowest BCUT2D eigenvalue weighted by Crippen LogP contribution is -2.46. The second-order valence-electron chi connectivity index (χ2n) is 5.66. The average Bonchev–Trinajstić information content (AvgIpc) is 2.30. The molecule has 1 rings (SSSR count). The predicted molar refractivity (Wildman–Crippen MR) is 76.5 cm³/mol. The monoisotopic (exact) mass is 282 g/mol. The normalized spacial score (nSPS) is 11.4. The predicted octanol–water partition coefficient (Wildman–Crippen LogP) is -0.726. The molecular formula is C13H22N4O3. The van der Waals surface area contributed by atoms with E-state index in [1.165, 1.54) is 16.8 Å². The molecule has 0 unspecified atom stereocenters. The SMILES string of the molecule is CC(C)(C)NC(=O)Cn1ccc(=O)n(CCCN)c1=O. The Morgan fingerprint density at radius 1 is 1.35 bits per heavy atom. The van der Waals surface area contributed by atoms with Crippen molar-refractivity contribution in [3.63, 3.8) is 0 Å². The Morgan fingerprint density at radius 2 is 2.00 bits per heavy atom. The standard InChI is InChI=1S/C13H22N4O3/c1-13(2,3)15-10(18)9-16-8-5-11(19)17(12(16)20)7-4-6-14/h5,8H,4,6-7,9,14H2,1-3H3,(H,15,18). The maximum Gasteiger partial charge on any atom is 0.331 e. The van der Waals surface area contributed by atoms with Gasteiger partial charge in [-0.05, 0) is 33.7 Å². The molecule has 0 saturated carbocycles. The Morgan fingerprint density at radius 3 is 2.55 bits per heavy atom. The van der Waals surface area contributed by atoms with E-state index in [0.717, 1.165) is 4.57 Å². The van der Waals surface area contributed by atoms with Crippen molar-refractivity contribution in [3.05, 3.63) is 33.1 Å². The molecule has 1 aromatic heterocycles. The van der Waals surface area contributed by atoms with Gasteiger partial charge in [-0.15, -0.1) is 0 Å². The molecule has 1 aromatic rings. The second-order valence-corrected chi connectivity index (χ2v) is 5.66. The highest BCUT2D eigenvalue weighted by Gasteiger charge is 2.15. The molecule has 0 aromatic carbocycles. The van der Waals surface area contributed by atoms with Crippen LogP contribution in [0.15, 0.2) is 21.9 Å². The van der Waals surface area contributed by atoms with Crippen LogP contribution in [0.4, 0.5) is 0 Å². The van der Waals surface area contributed by atoms with E-state index in [-0.39, 0.29) is 30.1 Å². The Balaban J connectivity index is 2.95. The lowest BCUT2D eigenvalue weighted by molar-refractivity contribution is -0.123. The topological polar surface area (TPSA) is 99.1 Å². The molecule has 0 saturated heterocycles. The quantitative estimate of drug-likeness (QED) is 0.744. The van der Waals surface area contributed by atoms with Gasteiger partial charge in [-0.2, -0.15) is 0 Å². The first-order chi connectivity index (χ1) is 9.24. The van der Waals surface area contributed by atoms with E-state index in [0.29, 0.717) is 13.0 Å². The molecule has 0 aliphatic heterocycles. The van der Waals surface area contributed by atoms with Crippen molar-refractivity contribution in [2.24, 2.45) is 5.73 Å². The summed E-state index contributed by atoms with van der Waals surface area (Å²) in [5, 5.41) is 2.77. The fraction of sp³-hybridized carbons (Fsp3) is 0.615. The zero-order chi connectivity index (χ0) is 15.3.